The molecule has 0 atom stereocenters. The molecule has 1 saturated heterocycles. The van der Waals surface area contributed by atoms with E-state index in [0.29, 0.717) is 86.9 Å². The molecule has 7 rings (SSSR count). The minimum absolute atomic E-state index is 0.0195. The average molecular weight is 536 g/mol. The fourth-order valence-electron chi connectivity index (χ4n) is 6.03. The number of pyridine rings is 1. The average Bonchev–Trinajstić information content (AvgIpc) is 3.49. The highest BCUT2D eigenvalue weighted by molar-refractivity contribution is 5.95. The van der Waals surface area contributed by atoms with Crippen LogP contribution in [0.2, 0.25) is 0 Å². The first-order valence-corrected chi connectivity index (χ1v) is 13.9. The van der Waals surface area contributed by atoms with Gasteiger partial charge in [0.1, 0.15) is 5.76 Å². The van der Waals surface area contributed by atoms with Crippen LogP contribution in [0, 0.1) is 5.92 Å². The number of aromatic hydroxyl groups is 1. The van der Waals surface area contributed by atoms with E-state index in [-0.39, 0.29) is 17.8 Å². The summed E-state index contributed by atoms with van der Waals surface area (Å²) in [6, 6.07) is 3.66. The minimum Gasteiger partial charge on any atom is -0.491 e. The zero-order valence-electron chi connectivity index (χ0n) is 21.9. The van der Waals surface area contributed by atoms with Crippen LogP contribution in [0.4, 0.5) is 4.79 Å². The standard InChI is InChI=1S/C28H33N5O6/c34-26-22-15-31(6-3-24(22)39-30-26)28(36)33-13-20-11-32(12-21(20)14-33)27(35)19-9-23(18-1-2-18)29-25(10-19)38-16-17-4-7-37-8-5-17/h9-10,17-18H,1-8,11-16H2,(H,30,34). The van der Waals surface area contributed by atoms with Crippen molar-refractivity contribution in [3.8, 4) is 11.8 Å². The summed E-state index contributed by atoms with van der Waals surface area (Å²) in [4.78, 5) is 36.9. The lowest BCUT2D eigenvalue weighted by molar-refractivity contribution is 0.0490. The van der Waals surface area contributed by atoms with E-state index in [1.165, 1.54) is 0 Å². The molecule has 0 bridgehead atoms. The Hall–Kier alpha value is -3.60. The van der Waals surface area contributed by atoms with Crippen LogP contribution in [0.5, 0.6) is 11.8 Å². The normalized spacial score (nSPS) is 21.4. The maximum absolute atomic E-state index is 13.6. The molecule has 0 aromatic carbocycles. The van der Waals surface area contributed by atoms with Gasteiger partial charge in [-0.15, -0.1) is 0 Å². The van der Waals surface area contributed by atoms with Crippen LogP contribution in [-0.2, 0) is 17.7 Å². The number of rotatable bonds is 5. The predicted molar refractivity (Wildman–Crippen MR) is 137 cm³/mol. The van der Waals surface area contributed by atoms with Crippen LogP contribution in [-0.4, -0.2) is 94.4 Å². The van der Waals surface area contributed by atoms with Crippen LogP contribution < -0.4 is 4.74 Å². The number of urea groups is 1. The third kappa shape index (κ3) is 4.84. The van der Waals surface area contributed by atoms with Crippen LogP contribution in [0.15, 0.2) is 27.8 Å². The molecule has 3 amide bonds. The molecule has 206 valence electrons. The summed E-state index contributed by atoms with van der Waals surface area (Å²) < 4.78 is 16.7. The van der Waals surface area contributed by atoms with Gasteiger partial charge >= 0.3 is 6.03 Å². The van der Waals surface area contributed by atoms with Crippen molar-refractivity contribution in [3.05, 3.63) is 45.9 Å². The summed E-state index contributed by atoms with van der Waals surface area (Å²) in [6.07, 6.45) is 4.71. The van der Waals surface area contributed by atoms with Gasteiger partial charge in [0, 0.05) is 75.6 Å². The van der Waals surface area contributed by atoms with Gasteiger partial charge in [-0.3, -0.25) is 4.79 Å². The van der Waals surface area contributed by atoms with Gasteiger partial charge in [-0.2, -0.15) is 0 Å². The van der Waals surface area contributed by atoms with E-state index in [1.54, 1.807) is 11.0 Å². The molecule has 1 saturated carbocycles. The Bertz CT molecular complexity index is 1310. The fraction of sp³-hybridized carbons (Fsp3) is 0.571. The number of carbonyl (C=O) groups is 2. The summed E-state index contributed by atoms with van der Waals surface area (Å²) in [5.41, 5.74) is 4.43. The van der Waals surface area contributed by atoms with E-state index >= 15 is 0 Å². The van der Waals surface area contributed by atoms with Crippen molar-refractivity contribution >= 4 is 11.9 Å². The molecule has 6 heterocycles. The first-order valence-electron chi connectivity index (χ1n) is 13.9. The molecule has 2 fully saturated rings. The third-order valence-corrected chi connectivity index (χ3v) is 8.53. The lowest BCUT2D eigenvalue weighted by Crippen LogP contribution is -2.45. The van der Waals surface area contributed by atoms with E-state index in [4.69, 9.17) is 19.0 Å². The Morgan fingerprint density at radius 1 is 0.974 bits per heavy atom. The van der Waals surface area contributed by atoms with E-state index in [2.05, 4.69) is 5.16 Å². The number of amides is 3. The molecule has 1 N–H and O–H groups in total. The van der Waals surface area contributed by atoms with Crippen molar-refractivity contribution in [2.24, 2.45) is 5.92 Å². The number of aromatic nitrogens is 2. The van der Waals surface area contributed by atoms with Gasteiger partial charge in [-0.05, 0) is 54.0 Å². The maximum atomic E-state index is 13.6. The monoisotopic (exact) mass is 535 g/mol. The summed E-state index contributed by atoms with van der Waals surface area (Å²) in [7, 11) is 0. The Morgan fingerprint density at radius 2 is 1.72 bits per heavy atom. The molecular formula is C28H33N5O6. The molecule has 0 spiro atoms. The second-order valence-electron chi connectivity index (χ2n) is 11.3. The van der Waals surface area contributed by atoms with Crippen molar-refractivity contribution in [1.82, 2.24) is 24.8 Å². The Labute approximate surface area is 226 Å². The number of nitrogens with zero attached hydrogens (tertiary/aromatic N) is 5. The summed E-state index contributed by atoms with van der Waals surface area (Å²) in [6.45, 7) is 5.02. The van der Waals surface area contributed by atoms with Crippen molar-refractivity contribution < 1.29 is 28.7 Å². The largest absolute Gasteiger partial charge is 0.491 e. The Balaban J connectivity index is 0.981. The van der Waals surface area contributed by atoms with E-state index in [9.17, 15) is 14.7 Å². The number of hydrogen-bond donors (Lipinski definition) is 1. The van der Waals surface area contributed by atoms with Crippen molar-refractivity contribution in [3.63, 3.8) is 0 Å². The number of hydrogen-bond acceptors (Lipinski definition) is 8. The Morgan fingerprint density at radius 3 is 2.46 bits per heavy atom. The highest BCUT2D eigenvalue weighted by Gasteiger charge is 2.38. The second kappa shape index (κ2) is 9.86. The van der Waals surface area contributed by atoms with Crippen molar-refractivity contribution in [1.29, 1.82) is 0 Å². The molecule has 5 aliphatic rings. The van der Waals surface area contributed by atoms with Crippen LogP contribution >= 0.6 is 0 Å². The maximum Gasteiger partial charge on any atom is 0.320 e. The van der Waals surface area contributed by atoms with Crippen molar-refractivity contribution in [2.75, 3.05) is 52.5 Å². The third-order valence-electron chi connectivity index (χ3n) is 8.53. The zero-order valence-corrected chi connectivity index (χ0v) is 21.9. The topological polar surface area (TPSA) is 121 Å². The molecule has 4 aliphatic heterocycles. The van der Waals surface area contributed by atoms with Crippen LogP contribution in [0.1, 0.15) is 59.0 Å². The SMILES string of the molecule is O=C(c1cc(OCC2CCOCC2)nc(C2CC2)c1)N1CC2=C(C1)CN(C(=O)N1CCc3onc(O)c3C1)C2. The molecule has 0 unspecified atom stereocenters. The first-order chi connectivity index (χ1) is 19.0. The molecule has 1 aliphatic carbocycles. The summed E-state index contributed by atoms with van der Waals surface area (Å²) in [5.74, 6) is 1.88. The highest BCUT2D eigenvalue weighted by Crippen LogP contribution is 2.40. The van der Waals surface area contributed by atoms with Gasteiger partial charge in [0.15, 0.2) is 0 Å². The molecule has 0 radical (unpaired) electrons. The number of carbonyl (C=O) groups excluding carboxylic acids is 2. The predicted octanol–water partition coefficient (Wildman–Crippen LogP) is 2.70. The molecule has 39 heavy (non-hydrogen) atoms. The minimum atomic E-state index is -0.142. The lowest BCUT2D eigenvalue weighted by Gasteiger charge is -2.31. The van der Waals surface area contributed by atoms with Gasteiger partial charge in [0.25, 0.3) is 11.8 Å². The smallest absolute Gasteiger partial charge is 0.320 e. The molecular weight excluding hydrogens is 502 g/mol. The van der Waals surface area contributed by atoms with E-state index in [1.807, 2.05) is 15.9 Å². The molecule has 11 nitrogen and oxygen atoms in total. The zero-order chi connectivity index (χ0) is 26.5. The fourth-order valence-corrected chi connectivity index (χ4v) is 6.03. The molecule has 2 aromatic rings. The Kier molecular flexibility index (Phi) is 6.18. The summed E-state index contributed by atoms with van der Waals surface area (Å²) >= 11 is 0. The highest BCUT2D eigenvalue weighted by atomic mass is 16.5. The van der Waals surface area contributed by atoms with Gasteiger partial charge in [-0.1, -0.05) is 0 Å². The quantitative estimate of drug-likeness (QED) is 0.580. The van der Waals surface area contributed by atoms with Gasteiger partial charge in [0.05, 0.1) is 18.7 Å². The lowest BCUT2D eigenvalue weighted by atomic mass is 10.0. The van der Waals surface area contributed by atoms with E-state index in [0.717, 1.165) is 55.7 Å². The number of fused-ring (bicyclic) bond motifs is 1. The summed E-state index contributed by atoms with van der Waals surface area (Å²) in [5, 5.41) is 13.5. The van der Waals surface area contributed by atoms with Crippen LogP contribution in [0.25, 0.3) is 0 Å². The van der Waals surface area contributed by atoms with E-state index < -0.39 is 0 Å². The van der Waals surface area contributed by atoms with Gasteiger partial charge < -0.3 is 33.8 Å². The molecule has 2 aromatic heterocycles. The molecule has 11 heteroatoms. The van der Waals surface area contributed by atoms with Crippen molar-refractivity contribution in [2.45, 2.75) is 44.6 Å². The first kappa shape index (κ1) is 24.4. The number of ether oxygens (including phenoxy) is 2. The van der Waals surface area contributed by atoms with Gasteiger partial charge in [0.2, 0.25) is 5.88 Å². The van der Waals surface area contributed by atoms with Crippen LogP contribution in [0.3, 0.4) is 0 Å². The van der Waals surface area contributed by atoms with Gasteiger partial charge in [-0.25, -0.2) is 9.78 Å². The second-order valence-corrected chi connectivity index (χ2v) is 11.3.